The standard InChI is InChI=1S/C20H21F5N8/c1-12-6-15(30-18(28-12)20(23,24)25)32-10-19(11-32)2-4-31(5-3-19)16-8-26-13-7-27-33(9-14(21)22)17(13)29-16/h6-8,14H,2-5,9-11H2,1H3. The number of hydrogen-bond acceptors (Lipinski definition) is 7. The van der Waals surface area contributed by atoms with Crippen LogP contribution in [-0.2, 0) is 12.7 Å². The van der Waals surface area contributed by atoms with E-state index < -0.39 is 25.0 Å². The van der Waals surface area contributed by atoms with Crippen molar-refractivity contribution in [2.24, 2.45) is 5.41 Å². The lowest BCUT2D eigenvalue weighted by atomic mass is 9.72. The summed E-state index contributed by atoms with van der Waals surface area (Å²) in [5, 5.41) is 3.94. The van der Waals surface area contributed by atoms with Gasteiger partial charge in [0.15, 0.2) is 5.65 Å². The first-order valence-corrected chi connectivity index (χ1v) is 10.5. The maximum atomic E-state index is 13.0. The summed E-state index contributed by atoms with van der Waals surface area (Å²) in [7, 11) is 0. The predicted molar refractivity (Wildman–Crippen MR) is 109 cm³/mol. The topological polar surface area (TPSA) is 75.9 Å². The summed E-state index contributed by atoms with van der Waals surface area (Å²) in [6.45, 7) is 3.61. The fourth-order valence-corrected chi connectivity index (χ4v) is 4.55. The monoisotopic (exact) mass is 468 g/mol. The Hall–Kier alpha value is -3.12. The minimum absolute atomic E-state index is 0.00271. The van der Waals surface area contributed by atoms with Gasteiger partial charge in [0.1, 0.15) is 23.7 Å². The van der Waals surface area contributed by atoms with Crippen molar-refractivity contribution in [3.63, 3.8) is 0 Å². The van der Waals surface area contributed by atoms with Gasteiger partial charge in [-0.15, -0.1) is 0 Å². The SMILES string of the molecule is Cc1cc(N2CC3(CCN(c4cnc5cnn(CC(F)F)c5n4)CC3)C2)nc(C(F)(F)F)n1. The molecule has 0 radical (unpaired) electrons. The largest absolute Gasteiger partial charge is 0.451 e. The highest BCUT2D eigenvalue weighted by atomic mass is 19.4. The Balaban J connectivity index is 1.25. The second-order valence-electron chi connectivity index (χ2n) is 8.69. The number of aryl methyl sites for hydroxylation is 1. The molecule has 0 amide bonds. The number of fused-ring (bicyclic) bond motifs is 1. The predicted octanol–water partition coefficient (Wildman–Crippen LogP) is 3.32. The third kappa shape index (κ3) is 4.15. The zero-order valence-corrected chi connectivity index (χ0v) is 17.7. The first-order valence-electron chi connectivity index (χ1n) is 10.5. The van der Waals surface area contributed by atoms with Crippen molar-refractivity contribution < 1.29 is 22.0 Å². The summed E-state index contributed by atoms with van der Waals surface area (Å²) in [6, 6.07) is 1.57. The van der Waals surface area contributed by atoms with Gasteiger partial charge in [0.25, 0.3) is 6.43 Å². The van der Waals surface area contributed by atoms with Gasteiger partial charge in [0.05, 0.1) is 12.4 Å². The van der Waals surface area contributed by atoms with Crippen LogP contribution in [0.25, 0.3) is 11.2 Å². The Morgan fingerprint density at radius 2 is 1.73 bits per heavy atom. The quantitative estimate of drug-likeness (QED) is 0.544. The number of aromatic nitrogens is 6. The molecule has 2 fully saturated rings. The van der Waals surface area contributed by atoms with Crippen LogP contribution >= 0.6 is 0 Å². The second kappa shape index (κ2) is 7.73. The minimum Gasteiger partial charge on any atom is -0.355 e. The third-order valence-electron chi connectivity index (χ3n) is 6.26. The van der Waals surface area contributed by atoms with Crippen LogP contribution in [0.1, 0.15) is 24.4 Å². The van der Waals surface area contributed by atoms with E-state index >= 15 is 0 Å². The Labute approximate surface area is 185 Å². The van der Waals surface area contributed by atoms with E-state index in [4.69, 9.17) is 0 Å². The van der Waals surface area contributed by atoms with Crippen molar-refractivity contribution in [3.8, 4) is 0 Å². The molecule has 2 aliphatic heterocycles. The summed E-state index contributed by atoms with van der Waals surface area (Å²) >= 11 is 0. The van der Waals surface area contributed by atoms with Gasteiger partial charge in [0, 0.05) is 43.4 Å². The molecule has 3 aromatic heterocycles. The summed E-state index contributed by atoms with van der Waals surface area (Å²) in [6.07, 6.45) is -2.43. The molecule has 5 heterocycles. The van der Waals surface area contributed by atoms with E-state index in [1.165, 1.54) is 13.1 Å². The van der Waals surface area contributed by atoms with Crippen molar-refractivity contribution >= 4 is 22.8 Å². The molecule has 0 unspecified atom stereocenters. The van der Waals surface area contributed by atoms with Gasteiger partial charge < -0.3 is 9.80 Å². The van der Waals surface area contributed by atoms with Crippen molar-refractivity contribution in [3.05, 3.63) is 30.0 Å². The summed E-state index contributed by atoms with van der Waals surface area (Å²) in [4.78, 5) is 19.9. The molecule has 0 aliphatic carbocycles. The summed E-state index contributed by atoms with van der Waals surface area (Å²) in [5.41, 5.74) is 1.06. The molecule has 0 saturated carbocycles. The Morgan fingerprint density at radius 1 is 1.00 bits per heavy atom. The van der Waals surface area contributed by atoms with Crippen LogP contribution in [-0.4, -0.2) is 62.3 Å². The number of piperidine rings is 1. The molecule has 2 saturated heterocycles. The number of halogens is 5. The van der Waals surface area contributed by atoms with Gasteiger partial charge in [-0.25, -0.2) is 33.4 Å². The van der Waals surface area contributed by atoms with E-state index in [0.717, 1.165) is 17.5 Å². The average molecular weight is 468 g/mol. The molecular weight excluding hydrogens is 447 g/mol. The van der Waals surface area contributed by atoms with Gasteiger partial charge in [-0.3, -0.25) is 0 Å². The molecule has 1 spiro atoms. The van der Waals surface area contributed by atoms with Gasteiger partial charge in [-0.1, -0.05) is 0 Å². The van der Waals surface area contributed by atoms with E-state index in [0.29, 0.717) is 49.0 Å². The zero-order chi connectivity index (χ0) is 23.4. The van der Waals surface area contributed by atoms with E-state index in [2.05, 4.69) is 29.9 Å². The maximum Gasteiger partial charge on any atom is 0.451 e. The molecule has 8 nitrogen and oxygen atoms in total. The van der Waals surface area contributed by atoms with Gasteiger partial charge >= 0.3 is 6.18 Å². The van der Waals surface area contributed by atoms with E-state index in [-0.39, 0.29) is 11.1 Å². The van der Waals surface area contributed by atoms with Crippen LogP contribution in [0.4, 0.5) is 33.6 Å². The minimum atomic E-state index is -4.58. The molecule has 0 bridgehead atoms. The molecule has 33 heavy (non-hydrogen) atoms. The molecule has 0 atom stereocenters. The van der Waals surface area contributed by atoms with Gasteiger partial charge in [0.2, 0.25) is 5.82 Å². The smallest absolute Gasteiger partial charge is 0.355 e. The number of rotatable bonds is 4. The third-order valence-corrected chi connectivity index (χ3v) is 6.26. The van der Waals surface area contributed by atoms with Crippen LogP contribution in [0, 0.1) is 12.3 Å². The highest BCUT2D eigenvalue weighted by Gasteiger charge is 2.46. The summed E-state index contributed by atoms with van der Waals surface area (Å²) in [5.74, 6) is -0.217. The Bertz CT molecular complexity index is 1160. The zero-order valence-electron chi connectivity index (χ0n) is 17.7. The second-order valence-corrected chi connectivity index (χ2v) is 8.69. The maximum absolute atomic E-state index is 13.0. The highest BCUT2D eigenvalue weighted by molar-refractivity contribution is 5.71. The van der Waals surface area contributed by atoms with Crippen molar-refractivity contribution in [1.82, 2.24) is 29.7 Å². The van der Waals surface area contributed by atoms with Crippen molar-refractivity contribution in [2.75, 3.05) is 36.0 Å². The lowest BCUT2D eigenvalue weighted by Gasteiger charge is -2.54. The van der Waals surface area contributed by atoms with Crippen LogP contribution in [0.3, 0.4) is 0 Å². The first kappa shape index (κ1) is 21.7. The van der Waals surface area contributed by atoms with Crippen LogP contribution in [0.5, 0.6) is 0 Å². The molecule has 176 valence electrons. The highest BCUT2D eigenvalue weighted by Crippen LogP contribution is 2.43. The van der Waals surface area contributed by atoms with E-state index in [1.54, 1.807) is 12.3 Å². The fourth-order valence-electron chi connectivity index (χ4n) is 4.55. The van der Waals surface area contributed by atoms with Crippen LogP contribution in [0.2, 0.25) is 0 Å². The van der Waals surface area contributed by atoms with Crippen LogP contribution < -0.4 is 9.80 Å². The van der Waals surface area contributed by atoms with E-state index in [9.17, 15) is 22.0 Å². The number of alkyl halides is 5. The molecule has 0 N–H and O–H groups in total. The molecule has 0 aromatic carbocycles. The number of hydrogen-bond donors (Lipinski definition) is 0. The van der Waals surface area contributed by atoms with E-state index in [1.807, 2.05) is 4.90 Å². The normalized spacial score (nSPS) is 18.4. The summed E-state index contributed by atoms with van der Waals surface area (Å²) < 4.78 is 65.9. The molecular formula is C20H21F5N8. The van der Waals surface area contributed by atoms with Crippen LogP contribution in [0.15, 0.2) is 18.5 Å². The fraction of sp³-hybridized carbons (Fsp3) is 0.550. The number of anilines is 2. The van der Waals surface area contributed by atoms with Gasteiger partial charge in [-0.2, -0.15) is 18.3 Å². The Kier molecular flexibility index (Phi) is 5.09. The van der Waals surface area contributed by atoms with Crippen molar-refractivity contribution in [1.29, 1.82) is 0 Å². The van der Waals surface area contributed by atoms with Gasteiger partial charge in [-0.05, 0) is 19.8 Å². The molecule has 2 aliphatic rings. The first-order chi connectivity index (χ1) is 15.6. The molecule has 5 rings (SSSR count). The lowest BCUT2D eigenvalue weighted by Crippen LogP contribution is -2.61. The lowest BCUT2D eigenvalue weighted by molar-refractivity contribution is -0.145. The average Bonchev–Trinajstić information content (AvgIpc) is 3.12. The number of nitrogens with zero attached hydrogens (tertiary/aromatic N) is 8. The van der Waals surface area contributed by atoms with Crippen molar-refractivity contribution in [2.45, 2.75) is 38.9 Å². The molecule has 13 heteroatoms. The Morgan fingerprint density at radius 3 is 2.39 bits per heavy atom. The molecule has 3 aromatic rings.